The van der Waals surface area contributed by atoms with E-state index in [-0.39, 0.29) is 0 Å². The molecule has 2 saturated heterocycles. The molecule has 0 aliphatic carbocycles. The molecule has 0 spiro atoms. The number of rotatable bonds is 10. The number of morpholine rings is 2. The summed E-state index contributed by atoms with van der Waals surface area (Å²) in [7, 11) is 3.30. The summed E-state index contributed by atoms with van der Waals surface area (Å²) in [5, 5.41) is 3.35. The van der Waals surface area contributed by atoms with E-state index >= 15 is 0 Å². The molecule has 0 amide bonds. The number of anilines is 6. The van der Waals surface area contributed by atoms with Crippen LogP contribution in [0, 0.1) is 0 Å². The van der Waals surface area contributed by atoms with Crippen LogP contribution in [0.1, 0.15) is 5.56 Å². The van der Waals surface area contributed by atoms with Crippen molar-refractivity contribution in [1.82, 2.24) is 15.0 Å². The van der Waals surface area contributed by atoms with E-state index < -0.39 is 0 Å². The molecule has 11 nitrogen and oxygen atoms in total. The topological polar surface area (TPSA) is 97.3 Å². The fraction of sp³-hybridized carbons (Fsp3) is 0.344. The van der Waals surface area contributed by atoms with Crippen molar-refractivity contribution >= 4 is 34.5 Å². The van der Waals surface area contributed by atoms with Crippen LogP contribution < -0.4 is 29.5 Å². The number of hydrogen-bond acceptors (Lipinski definition) is 11. The van der Waals surface area contributed by atoms with Crippen LogP contribution in [0.25, 0.3) is 0 Å². The zero-order valence-electron chi connectivity index (χ0n) is 24.6. The molecule has 2 aromatic heterocycles. The highest BCUT2D eigenvalue weighted by molar-refractivity contribution is 5.73. The average Bonchev–Trinajstić information content (AvgIpc) is 3.08. The number of pyridine rings is 1. The Morgan fingerprint density at radius 2 is 1.44 bits per heavy atom. The Kier molecular flexibility index (Phi) is 9.00. The lowest BCUT2D eigenvalue weighted by Gasteiger charge is -2.34. The first kappa shape index (κ1) is 28.5. The van der Waals surface area contributed by atoms with Crippen molar-refractivity contribution in [3.63, 3.8) is 0 Å². The Balaban J connectivity index is 1.40. The van der Waals surface area contributed by atoms with E-state index in [1.165, 1.54) is 0 Å². The summed E-state index contributed by atoms with van der Waals surface area (Å²) in [4.78, 5) is 20.9. The Morgan fingerprint density at radius 3 is 2.07 bits per heavy atom. The van der Waals surface area contributed by atoms with Gasteiger partial charge in [-0.3, -0.25) is 4.98 Å². The first-order chi connectivity index (χ1) is 21.2. The van der Waals surface area contributed by atoms with E-state index in [0.717, 1.165) is 60.2 Å². The molecule has 4 heterocycles. The second-order valence-electron chi connectivity index (χ2n) is 10.3. The molecule has 0 saturated carbocycles. The molecule has 43 heavy (non-hydrogen) atoms. The minimum absolute atomic E-state index is 0.559. The molecule has 1 N–H and O–H groups in total. The molecule has 2 fully saturated rings. The van der Waals surface area contributed by atoms with Gasteiger partial charge in [-0.2, -0.15) is 4.98 Å². The van der Waals surface area contributed by atoms with Gasteiger partial charge in [0.25, 0.3) is 0 Å². The van der Waals surface area contributed by atoms with Gasteiger partial charge in [0, 0.05) is 55.5 Å². The predicted molar refractivity (Wildman–Crippen MR) is 167 cm³/mol. The predicted octanol–water partition coefficient (Wildman–Crippen LogP) is 4.64. The molecule has 4 aromatic rings. The molecule has 0 radical (unpaired) electrons. The van der Waals surface area contributed by atoms with Crippen molar-refractivity contribution in [2.24, 2.45) is 0 Å². The van der Waals surface area contributed by atoms with Gasteiger partial charge in [0.05, 0.1) is 65.3 Å². The number of nitrogens with one attached hydrogen (secondary N) is 1. The second-order valence-corrected chi connectivity index (χ2v) is 10.3. The van der Waals surface area contributed by atoms with Gasteiger partial charge in [-0.15, -0.1) is 0 Å². The molecule has 2 aliphatic rings. The fourth-order valence-corrected chi connectivity index (χ4v) is 5.23. The van der Waals surface area contributed by atoms with Gasteiger partial charge in [-0.25, -0.2) is 4.98 Å². The van der Waals surface area contributed by atoms with E-state index in [9.17, 15) is 0 Å². The zero-order chi connectivity index (χ0) is 29.4. The maximum atomic E-state index is 5.66. The Hall–Kier alpha value is -4.61. The molecular formula is C32H37N7O4. The number of benzene rings is 2. The summed E-state index contributed by atoms with van der Waals surface area (Å²) in [5.41, 5.74) is 5.18. The van der Waals surface area contributed by atoms with E-state index in [1.807, 2.05) is 24.3 Å². The third kappa shape index (κ3) is 7.07. The molecular weight excluding hydrogens is 546 g/mol. The summed E-state index contributed by atoms with van der Waals surface area (Å²) < 4.78 is 22.1. The monoisotopic (exact) mass is 583 g/mol. The maximum absolute atomic E-state index is 5.66. The van der Waals surface area contributed by atoms with Crippen molar-refractivity contribution in [1.29, 1.82) is 0 Å². The van der Waals surface area contributed by atoms with Crippen LogP contribution in [0.2, 0.25) is 0 Å². The van der Waals surface area contributed by atoms with Crippen molar-refractivity contribution in [2.45, 2.75) is 6.54 Å². The Labute approximate surface area is 252 Å². The van der Waals surface area contributed by atoms with E-state index in [0.29, 0.717) is 50.5 Å². The van der Waals surface area contributed by atoms with Crippen molar-refractivity contribution in [2.75, 3.05) is 86.8 Å². The zero-order valence-corrected chi connectivity index (χ0v) is 24.6. The highest BCUT2D eigenvalue weighted by atomic mass is 16.5. The van der Waals surface area contributed by atoms with Gasteiger partial charge in [-0.1, -0.05) is 12.1 Å². The molecule has 2 aliphatic heterocycles. The van der Waals surface area contributed by atoms with Crippen LogP contribution in [-0.4, -0.2) is 81.8 Å². The standard InChI is InChI=1S/C32H37N7O4/c1-40-29-5-3-24(4-6-29)23-39(32-34-8-7-31(36-32)35-25-17-30(41-2)22-33-21-25)28-19-26(37-9-13-42-14-10-37)18-27(20-28)38-11-15-43-16-12-38/h3-8,17-22H,9-16,23H2,1-2H3,(H,34,35,36). The van der Waals surface area contributed by atoms with Crippen molar-refractivity contribution in [3.05, 3.63) is 78.8 Å². The van der Waals surface area contributed by atoms with Gasteiger partial charge >= 0.3 is 0 Å². The van der Waals surface area contributed by atoms with Crippen LogP contribution in [0.15, 0.2) is 73.2 Å². The number of hydrogen-bond donors (Lipinski definition) is 1. The maximum Gasteiger partial charge on any atom is 0.232 e. The average molecular weight is 584 g/mol. The number of methoxy groups -OCH3 is 2. The van der Waals surface area contributed by atoms with Crippen LogP contribution in [0.4, 0.5) is 34.5 Å². The summed E-state index contributed by atoms with van der Waals surface area (Å²) in [6, 6.07) is 18.6. The molecule has 11 heteroatoms. The van der Waals surface area contributed by atoms with Crippen molar-refractivity contribution < 1.29 is 18.9 Å². The Morgan fingerprint density at radius 1 is 0.791 bits per heavy atom. The lowest BCUT2D eigenvalue weighted by Crippen LogP contribution is -2.38. The summed E-state index contributed by atoms with van der Waals surface area (Å²) in [6.07, 6.45) is 5.18. The molecule has 0 unspecified atom stereocenters. The summed E-state index contributed by atoms with van der Waals surface area (Å²) in [5.74, 6) is 2.70. The van der Waals surface area contributed by atoms with Gasteiger partial charge in [0.15, 0.2) is 0 Å². The number of nitrogens with zero attached hydrogens (tertiary/aromatic N) is 6. The third-order valence-electron chi connectivity index (χ3n) is 7.56. The smallest absolute Gasteiger partial charge is 0.232 e. The summed E-state index contributed by atoms with van der Waals surface area (Å²) in [6.45, 7) is 6.77. The molecule has 2 aromatic carbocycles. The normalized spacial score (nSPS) is 15.2. The molecule has 0 atom stereocenters. The lowest BCUT2D eigenvalue weighted by molar-refractivity contribution is 0.122. The largest absolute Gasteiger partial charge is 0.497 e. The summed E-state index contributed by atoms with van der Waals surface area (Å²) >= 11 is 0. The number of aromatic nitrogens is 3. The minimum atomic E-state index is 0.559. The van der Waals surface area contributed by atoms with Crippen molar-refractivity contribution in [3.8, 4) is 11.5 Å². The van der Waals surface area contributed by atoms with Crippen LogP contribution in [0.3, 0.4) is 0 Å². The van der Waals surface area contributed by atoms with E-state index in [1.54, 1.807) is 32.8 Å². The van der Waals surface area contributed by atoms with Gasteiger partial charge in [0.1, 0.15) is 17.3 Å². The fourth-order valence-electron chi connectivity index (χ4n) is 5.23. The minimum Gasteiger partial charge on any atom is -0.497 e. The Bertz CT molecular complexity index is 1460. The van der Waals surface area contributed by atoms with Crippen LogP contribution in [-0.2, 0) is 16.0 Å². The van der Waals surface area contributed by atoms with Gasteiger partial charge in [0.2, 0.25) is 5.95 Å². The van der Waals surface area contributed by atoms with Crippen LogP contribution >= 0.6 is 0 Å². The van der Waals surface area contributed by atoms with E-state index in [4.69, 9.17) is 28.9 Å². The SMILES string of the molecule is COc1ccc(CN(c2cc(N3CCOCC3)cc(N3CCOCC3)c2)c2nccc(Nc3cncc(OC)c3)n2)cc1. The quantitative estimate of drug-likeness (QED) is 0.283. The van der Waals surface area contributed by atoms with E-state index in [2.05, 4.69) is 55.3 Å². The molecule has 6 rings (SSSR count). The van der Waals surface area contributed by atoms with Gasteiger partial charge in [-0.05, 0) is 42.0 Å². The molecule has 0 bridgehead atoms. The first-order valence-electron chi connectivity index (χ1n) is 14.5. The second kappa shape index (κ2) is 13.6. The molecule has 224 valence electrons. The number of ether oxygens (including phenoxy) is 4. The highest BCUT2D eigenvalue weighted by Crippen LogP contribution is 2.35. The van der Waals surface area contributed by atoms with Gasteiger partial charge < -0.3 is 39.0 Å². The lowest BCUT2D eigenvalue weighted by atomic mass is 10.1. The van der Waals surface area contributed by atoms with Crippen LogP contribution in [0.5, 0.6) is 11.5 Å². The third-order valence-corrected chi connectivity index (χ3v) is 7.56. The first-order valence-corrected chi connectivity index (χ1v) is 14.5. The highest BCUT2D eigenvalue weighted by Gasteiger charge is 2.21.